The quantitative estimate of drug-likeness (QED) is 0.893. The van der Waals surface area contributed by atoms with E-state index in [9.17, 15) is 4.79 Å². The van der Waals surface area contributed by atoms with Gasteiger partial charge in [0.15, 0.2) is 0 Å². The Kier molecular flexibility index (Phi) is 3.62. The van der Waals surface area contributed by atoms with Crippen LogP contribution < -0.4 is 5.32 Å². The minimum Gasteiger partial charge on any atom is -0.342 e. The van der Waals surface area contributed by atoms with E-state index in [1.165, 1.54) is 6.33 Å². The van der Waals surface area contributed by atoms with Crippen LogP contribution in [-0.4, -0.2) is 21.1 Å². The van der Waals surface area contributed by atoms with E-state index in [1.807, 2.05) is 13.8 Å². The molecule has 18 heavy (non-hydrogen) atoms. The van der Waals surface area contributed by atoms with Gasteiger partial charge in [0.25, 0.3) is 5.91 Å². The smallest absolute Gasteiger partial charge is 0.252 e. The molecule has 94 valence electrons. The van der Waals surface area contributed by atoms with Crippen LogP contribution in [0.2, 0.25) is 5.02 Å². The van der Waals surface area contributed by atoms with Crippen molar-refractivity contribution in [1.82, 2.24) is 20.5 Å². The molecule has 1 atom stereocenters. The standard InChI is InChI=1S/C12H13ClN4O/c1-7-9(4-3-5-10(7)13)12(18)16-8(2)11-14-6-15-17-11/h3-6,8H,1-2H3,(H,16,18)(H,14,15,17). The minimum atomic E-state index is -0.238. The lowest BCUT2D eigenvalue weighted by Gasteiger charge is -2.12. The van der Waals surface area contributed by atoms with Gasteiger partial charge in [-0.25, -0.2) is 4.98 Å². The number of carbonyl (C=O) groups excluding carboxylic acids is 1. The first kappa shape index (κ1) is 12.6. The summed E-state index contributed by atoms with van der Waals surface area (Å²) in [6.45, 7) is 3.65. The van der Waals surface area contributed by atoms with Crippen LogP contribution in [0.15, 0.2) is 24.5 Å². The van der Waals surface area contributed by atoms with E-state index in [2.05, 4.69) is 20.5 Å². The van der Waals surface area contributed by atoms with Gasteiger partial charge in [0.1, 0.15) is 12.2 Å². The molecule has 0 aliphatic rings. The summed E-state index contributed by atoms with van der Waals surface area (Å²) >= 11 is 5.99. The normalized spacial score (nSPS) is 12.2. The van der Waals surface area contributed by atoms with E-state index in [1.54, 1.807) is 18.2 Å². The summed E-state index contributed by atoms with van der Waals surface area (Å²) in [6, 6.07) is 5.01. The number of amides is 1. The van der Waals surface area contributed by atoms with Gasteiger partial charge in [0, 0.05) is 10.6 Å². The molecule has 0 bridgehead atoms. The average Bonchev–Trinajstić information content (AvgIpc) is 2.86. The number of halogens is 1. The van der Waals surface area contributed by atoms with E-state index in [-0.39, 0.29) is 11.9 Å². The van der Waals surface area contributed by atoms with Crippen molar-refractivity contribution in [3.05, 3.63) is 46.5 Å². The Morgan fingerprint density at radius 1 is 1.50 bits per heavy atom. The van der Waals surface area contributed by atoms with Crippen LogP contribution in [0, 0.1) is 6.92 Å². The Labute approximate surface area is 110 Å². The van der Waals surface area contributed by atoms with Crippen molar-refractivity contribution >= 4 is 17.5 Å². The fourth-order valence-electron chi connectivity index (χ4n) is 1.62. The Hall–Kier alpha value is -1.88. The second-order valence-corrected chi connectivity index (χ2v) is 4.39. The minimum absolute atomic E-state index is 0.182. The van der Waals surface area contributed by atoms with E-state index in [0.29, 0.717) is 16.4 Å². The highest BCUT2D eigenvalue weighted by molar-refractivity contribution is 6.31. The van der Waals surface area contributed by atoms with Gasteiger partial charge >= 0.3 is 0 Å². The number of nitrogens with one attached hydrogen (secondary N) is 2. The van der Waals surface area contributed by atoms with Gasteiger partial charge in [-0.2, -0.15) is 5.10 Å². The second kappa shape index (κ2) is 5.18. The molecule has 6 heteroatoms. The van der Waals surface area contributed by atoms with Crippen molar-refractivity contribution in [3.63, 3.8) is 0 Å². The third-order valence-electron chi connectivity index (χ3n) is 2.70. The number of nitrogens with zero attached hydrogens (tertiary/aromatic N) is 2. The highest BCUT2D eigenvalue weighted by atomic mass is 35.5. The molecule has 1 unspecified atom stereocenters. The van der Waals surface area contributed by atoms with E-state index in [4.69, 9.17) is 11.6 Å². The van der Waals surface area contributed by atoms with Crippen LogP contribution in [0.25, 0.3) is 0 Å². The van der Waals surface area contributed by atoms with Gasteiger partial charge in [0.05, 0.1) is 6.04 Å². The maximum absolute atomic E-state index is 12.1. The van der Waals surface area contributed by atoms with Crippen molar-refractivity contribution in [3.8, 4) is 0 Å². The van der Waals surface area contributed by atoms with Gasteiger partial charge in [-0.1, -0.05) is 17.7 Å². The van der Waals surface area contributed by atoms with E-state index in [0.717, 1.165) is 5.56 Å². The summed E-state index contributed by atoms with van der Waals surface area (Å²) < 4.78 is 0. The number of hydrogen-bond donors (Lipinski definition) is 2. The molecule has 0 aliphatic heterocycles. The SMILES string of the molecule is Cc1c(Cl)cccc1C(=O)NC(C)c1ncn[nH]1. The predicted molar refractivity (Wildman–Crippen MR) is 68.5 cm³/mol. The summed E-state index contributed by atoms with van der Waals surface area (Å²) in [6.07, 6.45) is 1.41. The van der Waals surface area contributed by atoms with Gasteiger partial charge in [-0.3, -0.25) is 9.89 Å². The molecule has 0 radical (unpaired) electrons. The van der Waals surface area contributed by atoms with Crippen LogP contribution in [-0.2, 0) is 0 Å². The highest BCUT2D eigenvalue weighted by Crippen LogP contribution is 2.19. The van der Waals surface area contributed by atoms with Gasteiger partial charge in [-0.15, -0.1) is 0 Å². The molecule has 2 N–H and O–H groups in total. The number of aromatic nitrogens is 3. The second-order valence-electron chi connectivity index (χ2n) is 3.98. The summed E-state index contributed by atoms with van der Waals surface area (Å²) in [5.74, 6) is 0.432. The number of hydrogen-bond acceptors (Lipinski definition) is 3. The van der Waals surface area contributed by atoms with Gasteiger partial charge in [-0.05, 0) is 31.5 Å². The topological polar surface area (TPSA) is 70.7 Å². The molecule has 2 aromatic rings. The molecule has 5 nitrogen and oxygen atoms in total. The molecule has 1 aromatic carbocycles. The zero-order valence-corrected chi connectivity index (χ0v) is 10.8. The summed E-state index contributed by atoms with van der Waals surface area (Å²) in [5.41, 5.74) is 1.33. The maximum atomic E-state index is 12.1. The highest BCUT2D eigenvalue weighted by Gasteiger charge is 2.15. The Morgan fingerprint density at radius 2 is 2.28 bits per heavy atom. The van der Waals surface area contributed by atoms with E-state index >= 15 is 0 Å². The molecule has 1 aromatic heterocycles. The van der Waals surface area contributed by atoms with Crippen molar-refractivity contribution < 1.29 is 4.79 Å². The monoisotopic (exact) mass is 264 g/mol. The zero-order valence-electron chi connectivity index (χ0n) is 10.1. The average molecular weight is 265 g/mol. The molecule has 1 heterocycles. The number of aromatic amines is 1. The predicted octanol–water partition coefficient (Wildman–Crippen LogP) is 2.26. The van der Waals surface area contributed by atoms with Gasteiger partial charge < -0.3 is 5.32 Å². The third kappa shape index (κ3) is 2.51. The van der Waals surface area contributed by atoms with Crippen LogP contribution in [0.1, 0.15) is 34.7 Å². The van der Waals surface area contributed by atoms with Crippen LogP contribution in [0.3, 0.4) is 0 Å². The van der Waals surface area contributed by atoms with E-state index < -0.39 is 0 Å². The van der Waals surface area contributed by atoms with Gasteiger partial charge in [0.2, 0.25) is 0 Å². The molecule has 2 rings (SSSR count). The molecule has 0 fully saturated rings. The van der Waals surface area contributed by atoms with Crippen molar-refractivity contribution in [2.45, 2.75) is 19.9 Å². The molecular weight excluding hydrogens is 252 g/mol. The first-order valence-electron chi connectivity index (χ1n) is 5.51. The molecule has 1 amide bonds. The molecule has 0 spiro atoms. The molecular formula is C12H13ClN4O. The summed E-state index contributed by atoms with van der Waals surface area (Å²) in [7, 11) is 0. The third-order valence-corrected chi connectivity index (χ3v) is 3.11. The first-order chi connectivity index (χ1) is 8.59. The lowest BCUT2D eigenvalue weighted by molar-refractivity contribution is 0.0937. The first-order valence-corrected chi connectivity index (χ1v) is 5.88. The number of benzene rings is 1. The fraction of sp³-hybridized carbons (Fsp3) is 0.250. The van der Waals surface area contributed by atoms with Crippen molar-refractivity contribution in [1.29, 1.82) is 0 Å². The van der Waals surface area contributed by atoms with Crippen LogP contribution in [0.4, 0.5) is 0 Å². The Morgan fingerprint density at radius 3 is 2.94 bits per heavy atom. The lowest BCUT2D eigenvalue weighted by atomic mass is 10.1. The van der Waals surface area contributed by atoms with Crippen molar-refractivity contribution in [2.24, 2.45) is 0 Å². The zero-order chi connectivity index (χ0) is 13.1. The number of rotatable bonds is 3. The van der Waals surface area contributed by atoms with Crippen molar-refractivity contribution in [2.75, 3.05) is 0 Å². The summed E-state index contributed by atoms with van der Waals surface area (Å²) in [4.78, 5) is 16.1. The molecule has 0 aliphatic carbocycles. The maximum Gasteiger partial charge on any atom is 0.252 e. The number of H-pyrrole nitrogens is 1. The molecule has 0 saturated carbocycles. The fourth-order valence-corrected chi connectivity index (χ4v) is 1.79. The summed E-state index contributed by atoms with van der Waals surface area (Å²) in [5, 5.41) is 9.88. The Balaban J connectivity index is 2.15. The molecule has 0 saturated heterocycles. The number of carbonyl (C=O) groups is 1. The largest absolute Gasteiger partial charge is 0.342 e. The lowest BCUT2D eigenvalue weighted by Crippen LogP contribution is -2.28. The Bertz CT molecular complexity index is 553. The van der Waals surface area contributed by atoms with Crippen LogP contribution in [0.5, 0.6) is 0 Å². The van der Waals surface area contributed by atoms with Crippen LogP contribution >= 0.6 is 11.6 Å².